The molecule has 0 unspecified atom stereocenters. The van der Waals surface area contributed by atoms with Crippen LogP contribution in [0.5, 0.6) is 0 Å². The minimum atomic E-state index is -1.49. The summed E-state index contributed by atoms with van der Waals surface area (Å²) in [6.45, 7) is -0.737. The highest BCUT2D eigenvalue weighted by Crippen LogP contribution is 2.33. The zero-order chi connectivity index (χ0) is 28.8. The Morgan fingerprint density at radius 3 is 2.61 bits per heavy atom. The first-order valence-electron chi connectivity index (χ1n) is 12.6. The fourth-order valence-electron chi connectivity index (χ4n) is 5.19. The third-order valence-electron chi connectivity index (χ3n) is 7.13. The summed E-state index contributed by atoms with van der Waals surface area (Å²) in [6, 6.07) is 12.5. The van der Waals surface area contributed by atoms with Crippen molar-refractivity contribution in [2.24, 2.45) is 5.73 Å². The number of carbonyl (C=O) groups excluding carboxylic acids is 3. The zero-order valence-electron chi connectivity index (χ0n) is 21.3. The number of aromatic nitrogens is 4. The lowest BCUT2D eigenvalue weighted by atomic mass is 10.0. The molecule has 1 aliphatic heterocycles. The zero-order valence-corrected chi connectivity index (χ0v) is 21.3. The van der Waals surface area contributed by atoms with Crippen LogP contribution in [0, 0.1) is 11.6 Å². The van der Waals surface area contributed by atoms with Gasteiger partial charge in [0.2, 0.25) is 11.8 Å². The predicted molar refractivity (Wildman–Crippen MR) is 143 cm³/mol. The van der Waals surface area contributed by atoms with E-state index in [0.717, 1.165) is 4.90 Å². The number of likely N-dealkylation sites (tertiary alicyclic amines) is 1. The number of aromatic amines is 1. The van der Waals surface area contributed by atoms with E-state index in [2.05, 4.69) is 20.4 Å². The molecular weight excluding hydrogens is 539 g/mol. The van der Waals surface area contributed by atoms with E-state index in [9.17, 15) is 18.8 Å². The molecule has 13 heteroatoms. The van der Waals surface area contributed by atoms with E-state index in [1.54, 1.807) is 30.3 Å². The Balaban J connectivity index is 1.24. The van der Waals surface area contributed by atoms with Gasteiger partial charge in [0.05, 0.1) is 29.6 Å². The lowest BCUT2D eigenvalue weighted by Crippen LogP contribution is -2.44. The first-order valence-corrected chi connectivity index (χ1v) is 12.6. The van der Waals surface area contributed by atoms with Gasteiger partial charge in [-0.2, -0.15) is 5.10 Å². The highest BCUT2D eigenvalue weighted by atomic mass is 19.1. The van der Waals surface area contributed by atoms with Crippen LogP contribution in [0.1, 0.15) is 16.9 Å². The fourth-order valence-corrected chi connectivity index (χ4v) is 5.19. The Hall–Kier alpha value is -5.20. The van der Waals surface area contributed by atoms with Crippen molar-refractivity contribution in [3.05, 3.63) is 78.3 Å². The van der Waals surface area contributed by atoms with Crippen LogP contribution in [0.25, 0.3) is 33.1 Å². The number of fused-ring (bicyclic) bond motifs is 2. The molecule has 3 heterocycles. The van der Waals surface area contributed by atoms with E-state index in [4.69, 9.17) is 5.73 Å². The van der Waals surface area contributed by atoms with Gasteiger partial charge in [-0.3, -0.25) is 19.1 Å². The third-order valence-corrected chi connectivity index (χ3v) is 7.13. The number of benzene rings is 3. The molecule has 1 aliphatic rings. The first kappa shape index (κ1) is 26.0. The number of nitrogens with zero attached hydrogens (tertiary/aromatic N) is 4. The number of alkyl halides is 1. The number of rotatable bonds is 6. The normalized spacial score (nSPS) is 16.9. The van der Waals surface area contributed by atoms with Crippen molar-refractivity contribution in [1.82, 2.24) is 24.6 Å². The van der Waals surface area contributed by atoms with Gasteiger partial charge < -0.3 is 20.9 Å². The molecule has 10 nitrogen and oxygen atoms in total. The number of hydrogen-bond acceptors (Lipinski definition) is 5. The average molecular weight is 562 g/mol. The Bertz CT molecular complexity index is 1850. The van der Waals surface area contributed by atoms with E-state index in [1.807, 2.05) is 0 Å². The molecule has 6 rings (SSSR count). The second kappa shape index (κ2) is 10.1. The quantitative estimate of drug-likeness (QED) is 0.291. The van der Waals surface area contributed by atoms with Crippen LogP contribution in [0.2, 0.25) is 0 Å². The highest BCUT2D eigenvalue weighted by Gasteiger charge is 2.40. The number of nitrogens with two attached hydrogens (primary N) is 1. The second-order valence-corrected chi connectivity index (χ2v) is 9.66. The van der Waals surface area contributed by atoms with Crippen LogP contribution < -0.4 is 11.1 Å². The van der Waals surface area contributed by atoms with E-state index < -0.39 is 41.6 Å². The largest absolute Gasteiger partial charge is 0.364 e. The summed E-state index contributed by atoms with van der Waals surface area (Å²) in [5.74, 6) is -3.84. The Morgan fingerprint density at radius 2 is 1.80 bits per heavy atom. The van der Waals surface area contributed by atoms with Gasteiger partial charge in [-0.15, -0.1) is 0 Å². The van der Waals surface area contributed by atoms with Crippen LogP contribution in [0.4, 0.5) is 18.9 Å². The summed E-state index contributed by atoms with van der Waals surface area (Å²) in [4.78, 5) is 46.1. The molecular formula is C28H22F3N7O3. The smallest absolute Gasteiger partial charge is 0.269 e. The van der Waals surface area contributed by atoms with Crippen molar-refractivity contribution in [2.75, 3.05) is 11.9 Å². The topological polar surface area (TPSA) is 139 Å². The van der Waals surface area contributed by atoms with Gasteiger partial charge in [-0.05, 0) is 24.3 Å². The molecule has 208 valence electrons. The predicted octanol–water partition coefficient (Wildman–Crippen LogP) is 3.53. The van der Waals surface area contributed by atoms with Gasteiger partial charge in [-0.25, -0.2) is 18.2 Å². The Labute approximate surface area is 229 Å². The van der Waals surface area contributed by atoms with Gasteiger partial charge in [0.15, 0.2) is 17.3 Å². The number of anilines is 1. The van der Waals surface area contributed by atoms with Crippen molar-refractivity contribution in [2.45, 2.75) is 25.2 Å². The number of carbonyl (C=O) groups is 3. The molecule has 2 atom stereocenters. The highest BCUT2D eigenvalue weighted by molar-refractivity contribution is 6.04. The number of para-hydroxylation sites is 1. The maximum absolute atomic E-state index is 15.5. The molecule has 2 aromatic heterocycles. The number of primary amides is 1. The summed E-state index contributed by atoms with van der Waals surface area (Å²) >= 11 is 0. The lowest BCUT2D eigenvalue weighted by molar-refractivity contribution is -0.137. The molecule has 0 radical (unpaired) electrons. The van der Waals surface area contributed by atoms with Gasteiger partial charge in [-0.1, -0.05) is 30.3 Å². The number of halogens is 3. The molecule has 1 saturated heterocycles. The molecule has 0 spiro atoms. The van der Waals surface area contributed by atoms with Crippen LogP contribution in [0.3, 0.4) is 0 Å². The minimum absolute atomic E-state index is 0.0225. The molecule has 3 aromatic carbocycles. The van der Waals surface area contributed by atoms with Crippen molar-refractivity contribution in [1.29, 1.82) is 0 Å². The number of H-pyrrole nitrogens is 1. The first-order chi connectivity index (χ1) is 19.7. The van der Waals surface area contributed by atoms with Crippen LogP contribution >= 0.6 is 0 Å². The van der Waals surface area contributed by atoms with Crippen molar-refractivity contribution in [3.63, 3.8) is 0 Å². The summed E-state index contributed by atoms with van der Waals surface area (Å²) < 4.78 is 46.4. The van der Waals surface area contributed by atoms with E-state index >= 15 is 8.78 Å². The van der Waals surface area contributed by atoms with Gasteiger partial charge in [0, 0.05) is 22.9 Å². The summed E-state index contributed by atoms with van der Waals surface area (Å²) in [7, 11) is 0. The fraction of sp³-hybridized carbons (Fsp3) is 0.179. The molecule has 5 aromatic rings. The molecule has 0 bridgehead atoms. The number of imidazole rings is 1. The third kappa shape index (κ3) is 4.54. The van der Waals surface area contributed by atoms with E-state index in [1.165, 1.54) is 35.3 Å². The molecule has 41 heavy (non-hydrogen) atoms. The molecule has 0 aliphatic carbocycles. The minimum Gasteiger partial charge on any atom is -0.364 e. The number of nitrogens with one attached hydrogen (secondary N) is 2. The maximum Gasteiger partial charge on any atom is 0.269 e. The molecule has 4 N–H and O–H groups in total. The Kier molecular flexibility index (Phi) is 6.40. The Morgan fingerprint density at radius 1 is 1.02 bits per heavy atom. The summed E-state index contributed by atoms with van der Waals surface area (Å²) in [5, 5.41) is 7.02. The van der Waals surface area contributed by atoms with E-state index in [0.29, 0.717) is 16.4 Å². The SMILES string of the molecule is NC(=O)c1nn(CC(=O)N2C[C@H](F)C[C@H]2C(=O)Nc2cccc(-c3ccc4[nH]cnc4c3F)c2F)c2ccccc12. The van der Waals surface area contributed by atoms with Crippen LogP contribution in [-0.4, -0.2) is 61.1 Å². The van der Waals surface area contributed by atoms with Crippen molar-refractivity contribution in [3.8, 4) is 11.1 Å². The monoisotopic (exact) mass is 561 g/mol. The summed E-state index contributed by atoms with van der Waals surface area (Å²) in [6.07, 6.45) is -0.463. The summed E-state index contributed by atoms with van der Waals surface area (Å²) in [5.41, 5.74) is 5.92. The molecule has 1 fully saturated rings. The number of amides is 3. The number of hydrogen-bond donors (Lipinski definition) is 3. The standard InChI is InChI=1S/C28H22F3N7O3/c29-14-10-21(37(11-14)22(39)12-38-20-7-2-1-4-17(20)25(36-38)27(32)40)28(41)35-18-6-3-5-15(23(18)30)16-8-9-19-26(24(16)31)34-13-33-19/h1-9,13-14,21H,10-12H2,(H2,32,40)(H,33,34)(H,35,41)/t14-,21+/m1/s1. The van der Waals surface area contributed by atoms with Gasteiger partial charge in [0.1, 0.15) is 24.3 Å². The van der Waals surface area contributed by atoms with Gasteiger partial charge >= 0.3 is 0 Å². The van der Waals surface area contributed by atoms with Gasteiger partial charge in [0.25, 0.3) is 5.91 Å². The van der Waals surface area contributed by atoms with Crippen molar-refractivity contribution >= 4 is 45.3 Å². The maximum atomic E-state index is 15.5. The van der Waals surface area contributed by atoms with Crippen LogP contribution in [0.15, 0.2) is 60.9 Å². The van der Waals surface area contributed by atoms with Crippen LogP contribution in [-0.2, 0) is 16.1 Å². The second-order valence-electron chi connectivity index (χ2n) is 9.66. The average Bonchev–Trinajstić information content (AvgIpc) is 3.68. The molecule has 0 saturated carbocycles. The molecule has 3 amide bonds. The van der Waals surface area contributed by atoms with Crippen molar-refractivity contribution < 1.29 is 27.6 Å². The van der Waals surface area contributed by atoms with E-state index in [-0.39, 0.29) is 47.5 Å². The lowest BCUT2D eigenvalue weighted by Gasteiger charge is -2.24.